The Labute approximate surface area is 117 Å². The van der Waals surface area contributed by atoms with E-state index in [1.54, 1.807) is 31.2 Å². The van der Waals surface area contributed by atoms with Gasteiger partial charge >= 0.3 is 11.9 Å². The number of hydrogen-bond acceptors (Lipinski definition) is 4. The van der Waals surface area contributed by atoms with Gasteiger partial charge in [-0.05, 0) is 19.1 Å². The fraction of sp³-hybridized carbons (Fsp3) is 0.429. The van der Waals surface area contributed by atoms with Crippen LogP contribution in [0.5, 0.6) is 5.75 Å². The highest BCUT2D eigenvalue weighted by atomic mass is 16.5. The highest BCUT2D eigenvalue weighted by Crippen LogP contribution is 2.28. The Hall–Kier alpha value is -2.24. The Morgan fingerprint density at radius 2 is 1.95 bits per heavy atom. The van der Waals surface area contributed by atoms with Gasteiger partial charge in [-0.1, -0.05) is 19.1 Å². The highest BCUT2D eigenvalue weighted by molar-refractivity contribution is 5.76. The Morgan fingerprint density at radius 1 is 1.30 bits per heavy atom. The van der Waals surface area contributed by atoms with Crippen LogP contribution in [0.2, 0.25) is 0 Å². The van der Waals surface area contributed by atoms with Crippen molar-refractivity contribution in [3.63, 3.8) is 0 Å². The molecule has 0 aromatic heterocycles. The first-order valence-electron chi connectivity index (χ1n) is 6.37. The first kappa shape index (κ1) is 15.8. The van der Waals surface area contributed by atoms with Crippen LogP contribution in [0.3, 0.4) is 0 Å². The van der Waals surface area contributed by atoms with Crippen LogP contribution < -0.4 is 9.64 Å². The molecular weight excluding hydrogens is 262 g/mol. The molecule has 110 valence electrons. The molecule has 1 rings (SSSR count). The van der Waals surface area contributed by atoms with Crippen LogP contribution >= 0.6 is 0 Å². The lowest BCUT2D eigenvalue weighted by Crippen LogP contribution is -2.36. The van der Waals surface area contributed by atoms with Crippen LogP contribution in [0, 0.1) is 5.92 Å². The van der Waals surface area contributed by atoms with Crippen molar-refractivity contribution < 1.29 is 24.5 Å². The zero-order chi connectivity index (χ0) is 15.1. The minimum Gasteiger partial charge on any atom is -0.492 e. The van der Waals surface area contributed by atoms with E-state index in [0.29, 0.717) is 18.0 Å². The average Bonchev–Trinajstić information content (AvgIpc) is 2.38. The zero-order valence-electron chi connectivity index (χ0n) is 11.6. The monoisotopic (exact) mass is 281 g/mol. The third-order valence-corrected chi connectivity index (χ3v) is 2.75. The standard InChI is InChI=1S/C14H19NO5/c1-3-20-12-7-5-4-6-11(12)15(9-13(16)17)8-10(2)14(18)19/h4-7,10H,3,8-9H2,1-2H3,(H,16,17)(H,18,19). The SMILES string of the molecule is CCOc1ccccc1N(CC(=O)O)CC(C)C(=O)O. The normalized spacial score (nSPS) is 11.7. The molecule has 6 heteroatoms. The quantitative estimate of drug-likeness (QED) is 0.754. The number of carboxylic acid groups (broad SMARTS) is 2. The van der Waals surface area contributed by atoms with E-state index in [9.17, 15) is 9.59 Å². The van der Waals surface area contributed by atoms with Crippen molar-refractivity contribution in [2.75, 3.05) is 24.6 Å². The molecule has 0 aliphatic carbocycles. The van der Waals surface area contributed by atoms with Gasteiger partial charge in [-0.3, -0.25) is 9.59 Å². The molecule has 0 radical (unpaired) electrons. The maximum absolute atomic E-state index is 11.0. The molecule has 1 aromatic rings. The number of hydrogen-bond donors (Lipinski definition) is 2. The third-order valence-electron chi connectivity index (χ3n) is 2.75. The molecule has 6 nitrogen and oxygen atoms in total. The van der Waals surface area contributed by atoms with Gasteiger partial charge in [0.15, 0.2) is 0 Å². The van der Waals surface area contributed by atoms with Crippen molar-refractivity contribution >= 4 is 17.6 Å². The summed E-state index contributed by atoms with van der Waals surface area (Å²) in [4.78, 5) is 23.4. The van der Waals surface area contributed by atoms with Crippen LogP contribution in [0.1, 0.15) is 13.8 Å². The molecule has 0 saturated heterocycles. The highest BCUT2D eigenvalue weighted by Gasteiger charge is 2.21. The summed E-state index contributed by atoms with van der Waals surface area (Å²) in [6.45, 7) is 3.65. The van der Waals surface area contributed by atoms with Crippen molar-refractivity contribution in [3.05, 3.63) is 24.3 Å². The minimum absolute atomic E-state index is 0.103. The second kappa shape index (κ2) is 7.37. The summed E-state index contributed by atoms with van der Waals surface area (Å²) >= 11 is 0. The number of ether oxygens (including phenoxy) is 1. The van der Waals surface area contributed by atoms with E-state index in [1.807, 2.05) is 6.92 Å². The maximum atomic E-state index is 11.0. The van der Waals surface area contributed by atoms with Crippen molar-refractivity contribution in [1.29, 1.82) is 0 Å². The number of benzene rings is 1. The maximum Gasteiger partial charge on any atom is 0.323 e. The van der Waals surface area contributed by atoms with Crippen molar-refractivity contribution in [2.45, 2.75) is 13.8 Å². The van der Waals surface area contributed by atoms with Crippen molar-refractivity contribution in [1.82, 2.24) is 0 Å². The summed E-state index contributed by atoms with van der Waals surface area (Å²) in [6.07, 6.45) is 0. The lowest BCUT2D eigenvalue weighted by atomic mass is 10.1. The van der Waals surface area contributed by atoms with E-state index in [-0.39, 0.29) is 13.1 Å². The number of carbonyl (C=O) groups is 2. The van der Waals surface area contributed by atoms with Crippen LogP contribution in [-0.4, -0.2) is 41.8 Å². The minimum atomic E-state index is -1.02. The van der Waals surface area contributed by atoms with E-state index in [1.165, 1.54) is 4.90 Å². The fourth-order valence-electron chi connectivity index (χ4n) is 1.82. The largest absolute Gasteiger partial charge is 0.492 e. The first-order chi connectivity index (χ1) is 9.45. The summed E-state index contributed by atoms with van der Waals surface area (Å²) in [6, 6.07) is 7.01. The lowest BCUT2D eigenvalue weighted by Gasteiger charge is -2.26. The fourth-order valence-corrected chi connectivity index (χ4v) is 1.82. The van der Waals surface area contributed by atoms with Gasteiger partial charge in [0.25, 0.3) is 0 Å². The van der Waals surface area contributed by atoms with E-state index in [4.69, 9.17) is 14.9 Å². The number of nitrogens with zero attached hydrogens (tertiary/aromatic N) is 1. The summed E-state index contributed by atoms with van der Waals surface area (Å²) in [5, 5.41) is 18.0. The first-order valence-corrected chi connectivity index (χ1v) is 6.37. The lowest BCUT2D eigenvalue weighted by molar-refractivity contribution is -0.141. The summed E-state index contributed by atoms with van der Waals surface area (Å²) in [7, 11) is 0. The third kappa shape index (κ3) is 4.46. The Bertz CT molecular complexity index is 474. The Balaban J connectivity index is 3.03. The van der Waals surface area contributed by atoms with Gasteiger partial charge in [-0.2, -0.15) is 0 Å². The van der Waals surface area contributed by atoms with Crippen molar-refractivity contribution in [3.8, 4) is 5.75 Å². The van der Waals surface area contributed by atoms with Crippen molar-refractivity contribution in [2.24, 2.45) is 5.92 Å². The summed E-state index contributed by atoms with van der Waals surface area (Å²) in [5.74, 6) is -2.11. The summed E-state index contributed by atoms with van der Waals surface area (Å²) in [5.41, 5.74) is 0.588. The average molecular weight is 281 g/mol. The van der Waals surface area contributed by atoms with Gasteiger partial charge in [0.2, 0.25) is 0 Å². The van der Waals surface area contributed by atoms with Gasteiger partial charge in [-0.25, -0.2) is 0 Å². The zero-order valence-corrected chi connectivity index (χ0v) is 11.6. The molecule has 0 amide bonds. The molecule has 0 fully saturated rings. The van der Waals surface area contributed by atoms with E-state index in [0.717, 1.165) is 0 Å². The topological polar surface area (TPSA) is 87.1 Å². The van der Waals surface area contributed by atoms with Gasteiger partial charge in [0, 0.05) is 6.54 Å². The molecular formula is C14H19NO5. The predicted molar refractivity (Wildman–Crippen MR) is 74.3 cm³/mol. The second-order valence-corrected chi connectivity index (χ2v) is 4.41. The molecule has 1 unspecified atom stereocenters. The molecule has 0 aliphatic heterocycles. The molecule has 1 atom stereocenters. The number of rotatable bonds is 8. The van der Waals surface area contributed by atoms with Gasteiger partial charge < -0.3 is 19.8 Å². The smallest absolute Gasteiger partial charge is 0.323 e. The van der Waals surface area contributed by atoms with Crippen LogP contribution in [0.4, 0.5) is 5.69 Å². The molecule has 2 N–H and O–H groups in total. The number of anilines is 1. The molecule has 1 aromatic carbocycles. The molecule has 0 saturated carbocycles. The Morgan fingerprint density at radius 3 is 2.50 bits per heavy atom. The molecule has 0 spiro atoms. The molecule has 20 heavy (non-hydrogen) atoms. The number of aliphatic carboxylic acids is 2. The molecule has 0 bridgehead atoms. The molecule has 0 aliphatic rings. The Kier molecular flexibility index (Phi) is 5.83. The molecule has 0 heterocycles. The number of carboxylic acids is 2. The summed E-state index contributed by atoms with van der Waals surface area (Å²) < 4.78 is 5.46. The number of para-hydroxylation sites is 2. The van der Waals surface area contributed by atoms with E-state index < -0.39 is 17.9 Å². The van der Waals surface area contributed by atoms with Crippen LogP contribution in [0.25, 0.3) is 0 Å². The van der Waals surface area contributed by atoms with Crippen LogP contribution in [0.15, 0.2) is 24.3 Å². The van der Waals surface area contributed by atoms with E-state index in [2.05, 4.69) is 0 Å². The van der Waals surface area contributed by atoms with Crippen LogP contribution in [-0.2, 0) is 9.59 Å². The predicted octanol–water partition coefficient (Wildman–Crippen LogP) is 1.70. The van der Waals surface area contributed by atoms with Gasteiger partial charge in [-0.15, -0.1) is 0 Å². The van der Waals surface area contributed by atoms with Gasteiger partial charge in [0.1, 0.15) is 12.3 Å². The van der Waals surface area contributed by atoms with Gasteiger partial charge in [0.05, 0.1) is 18.2 Å². The second-order valence-electron chi connectivity index (χ2n) is 4.41. The van der Waals surface area contributed by atoms with E-state index >= 15 is 0 Å².